The number of benzene rings is 1. The number of nitrogens with one attached hydrogen (secondary N) is 1. The van der Waals surface area contributed by atoms with E-state index in [2.05, 4.69) is 10.4 Å². The first kappa shape index (κ1) is 9.30. The first-order valence-corrected chi connectivity index (χ1v) is 4.77. The Morgan fingerprint density at radius 2 is 2.36 bits per heavy atom. The summed E-state index contributed by atoms with van der Waals surface area (Å²) in [5, 5.41) is 0.693. The molecule has 1 heterocycles. The number of para-hydroxylation sites is 1. The molecule has 1 aromatic carbocycles. The minimum absolute atomic E-state index is 0.635. The van der Waals surface area contributed by atoms with E-state index in [4.69, 9.17) is 17.4 Å². The van der Waals surface area contributed by atoms with Gasteiger partial charge in [0.15, 0.2) is 0 Å². The summed E-state index contributed by atoms with van der Waals surface area (Å²) in [7, 11) is 0. The molecule has 3 N–H and O–H groups in total. The Balaban J connectivity index is 2.81. The van der Waals surface area contributed by atoms with Crippen LogP contribution in [0.25, 0.3) is 11.0 Å². The third-order valence-corrected chi connectivity index (χ3v) is 2.47. The maximum atomic E-state index is 6.08. The van der Waals surface area contributed by atoms with Gasteiger partial charge in [0.25, 0.3) is 0 Å². The lowest BCUT2D eigenvalue weighted by Crippen LogP contribution is -2.12. The molecule has 14 heavy (non-hydrogen) atoms. The number of nitrogens with zero attached hydrogens (tertiary/aromatic N) is 2. The van der Waals surface area contributed by atoms with Crippen LogP contribution < -0.4 is 11.3 Å². The fourth-order valence-electron chi connectivity index (χ4n) is 1.56. The van der Waals surface area contributed by atoms with E-state index in [0.717, 1.165) is 17.6 Å². The van der Waals surface area contributed by atoms with Crippen LogP contribution in [0.1, 0.15) is 6.92 Å². The SMILES string of the molecule is CCn1c(NN)nc2cccc(Cl)c21. The van der Waals surface area contributed by atoms with Crippen molar-refractivity contribution in [2.24, 2.45) is 5.84 Å². The highest BCUT2D eigenvalue weighted by Gasteiger charge is 2.10. The summed E-state index contributed by atoms with van der Waals surface area (Å²) in [5.41, 5.74) is 4.33. The molecule has 2 aromatic rings. The minimum Gasteiger partial charge on any atom is -0.308 e. The van der Waals surface area contributed by atoms with E-state index in [1.807, 2.05) is 29.7 Å². The number of anilines is 1. The third kappa shape index (κ3) is 1.23. The first-order chi connectivity index (χ1) is 6.77. The molecule has 5 heteroatoms. The van der Waals surface area contributed by atoms with Crippen molar-refractivity contribution >= 4 is 28.6 Å². The van der Waals surface area contributed by atoms with Crippen molar-refractivity contribution in [2.75, 3.05) is 5.43 Å². The lowest BCUT2D eigenvalue weighted by molar-refractivity contribution is 0.791. The number of nitrogens with two attached hydrogens (primary N) is 1. The van der Waals surface area contributed by atoms with E-state index in [1.165, 1.54) is 0 Å². The predicted octanol–water partition coefficient (Wildman–Crippen LogP) is 2.00. The molecule has 0 spiro atoms. The van der Waals surface area contributed by atoms with Gasteiger partial charge in [-0.05, 0) is 19.1 Å². The van der Waals surface area contributed by atoms with E-state index in [0.29, 0.717) is 11.0 Å². The molecule has 0 amide bonds. The Morgan fingerprint density at radius 1 is 1.57 bits per heavy atom. The molecule has 4 nitrogen and oxygen atoms in total. The van der Waals surface area contributed by atoms with Crippen LogP contribution in [-0.4, -0.2) is 9.55 Å². The largest absolute Gasteiger partial charge is 0.308 e. The number of hydrazine groups is 1. The molecular formula is C9H11ClN4. The van der Waals surface area contributed by atoms with Gasteiger partial charge in [-0.25, -0.2) is 10.8 Å². The smallest absolute Gasteiger partial charge is 0.218 e. The maximum absolute atomic E-state index is 6.08. The lowest BCUT2D eigenvalue weighted by Gasteiger charge is -2.04. The predicted molar refractivity (Wildman–Crippen MR) is 58.2 cm³/mol. The van der Waals surface area contributed by atoms with Crippen LogP contribution >= 0.6 is 11.6 Å². The lowest BCUT2D eigenvalue weighted by atomic mass is 10.3. The monoisotopic (exact) mass is 210 g/mol. The quantitative estimate of drug-likeness (QED) is 0.589. The first-order valence-electron chi connectivity index (χ1n) is 4.39. The van der Waals surface area contributed by atoms with Crippen LogP contribution in [0.5, 0.6) is 0 Å². The molecule has 0 saturated carbocycles. The van der Waals surface area contributed by atoms with Crippen molar-refractivity contribution in [1.82, 2.24) is 9.55 Å². The van der Waals surface area contributed by atoms with Crippen LogP contribution in [0.15, 0.2) is 18.2 Å². The fourth-order valence-corrected chi connectivity index (χ4v) is 1.83. The standard InChI is InChI=1S/C9H11ClN4/c1-2-14-8-6(10)4-3-5-7(8)12-9(14)13-11/h3-5H,2,11H2,1H3,(H,12,13). The van der Waals surface area contributed by atoms with Crippen molar-refractivity contribution in [3.8, 4) is 0 Å². The Bertz CT molecular complexity index is 463. The molecule has 0 aliphatic carbocycles. The van der Waals surface area contributed by atoms with Crippen LogP contribution in [0, 0.1) is 0 Å². The van der Waals surface area contributed by atoms with E-state index in [1.54, 1.807) is 0 Å². The number of aryl methyl sites for hydroxylation is 1. The number of imidazole rings is 1. The molecule has 0 unspecified atom stereocenters. The van der Waals surface area contributed by atoms with Crippen LogP contribution in [-0.2, 0) is 6.54 Å². The average Bonchev–Trinajstić information content (AvgIpc) is 2.56. The zero-order valence-electron chi connectivity index (χ0n) is 7.79. The summed E-state index contributed by atoms with van der Waals surface area (Å²) in [5.74, 6) is 6.00. The highest BCUT2D eigenvalue weighted by Crippen LogP contribution is 2.26. The fraction of sp³-hybridized carbons (Fsp3) is 0.222. The van der Waals surface area contributed by atoms with Gasteiger partial charge in [-0.15, -0.1) is 0 Å². The van der Waals surface area contributed by atoms with Gasteiger partial charge in [0.2, 0.25) is 5.95 Å². The van der Waals surface area contributed by atoms with Crippen molar-refractivity contribution in [3.05, 3.63) is 23.2 Å². The number of nitrogen functional groups attached to an aromatic ring is 1. The molecule has 0 aliphatic rings. The van der Waals surface area contributed by atoms with E-state index >= 15 is 0 Å². The van der Waals surface area contributed by atoms with Crippen LogP contribution in [0.2, 0.25) is 5.02 Å². The Labute approximate surface area is 86.6 Å². The zero-order chi connectivity index (χ0) is 10.1. The third-order valence-electron chi connectivity index (χ3n) is 2.16. The van der Waals surface area contributed by atoms with Gasteiger partial charge < -0.3 is 4.57 Å². The van der Waals surface area contributed by atoms with Gasteiger partial charge in [0, 0.05) is 6.54 Å². The topological polar surface area (TPSA) is 55.9 Å². The maximum Gasteiger partial charge on any atom is 0.218 e. The number of aromatic nitrogens is 2. The normalized spacial score (nSPS) is 10.8. The molecular weight excluding hydrogens is 200 g/mol. The molecule has 0 saturated heterocycles. The number of rotatable bonds is 2. The second kappa shape index (κ2) is 3.48. The van der Waals surface area contributed by atoms with Gasteiger partial charge in [-0.2, -0.15) is 0 Å². The molecule has 74 valence electrons. The molecule has 2 rings (SSSR count). The summed E-state index contributed by atoms with van der Waals surface area (Å²) in [4.78, 5) is 4.31. The summed E-state index contributed by atoms with van der Waals surface area (Å²) in [6.07, 6.45) is 0. The molecule has 1 aromatic heterocycles. The van der Waals surface area contributed by atoms with Crippen LogP contribution in [0.3, 0.4) is 0 Å². The average molecular weight is 211 g/mol. The second-order valence-corrected chi connectivity index (χ2v) is 3.34. The summed E-state index contributed by atoms with van der Waals surface area (Å²) >= 11 is 6.08. The Hall–Kier alpha value is -1.26. The number of hydrogen-bond acceptors (Lipinski definition) is 3. The van der Waals surface area contributed by atoms with E-state index in [-0.39, 0.29) is 0 Å². The van der Waals surface area contributed by atoms with Crippen molar-refractivity contribution in [1.29, 1.82) is 0 Å². The van der Waals surface area contributed by atoms with E-state index < -0.39 is 0 Å². The van der Waals surface area contributed by atoms with Gasteiger partial charge in [0.05, 0.1) is 16.1 Å². The van der Waals surface area contributed by atoms with Gasteiger partial charge in [-0.1, -0.05) is 17.7 Å². The molecule has 0 radical (unpaired) electrons. The van der Waals surface area contributed by atoms with E-state index in [9.17, 15) is 0 Å². The molecule has 0 aliphatic heterocycles. The summed E-state index contributed by atoms with van der Waals surface area (Å²) in [6.45, 7) is 2.80. The highest BCUT2D eigenvalue weighted by molar-refractivity contribution is 6.35. The minimum atomic E-state index is 0.635. The van der Waals surface area contributed by atoms with Crippen molar-refractivity contribution in [2.45, 2.75) is 13.5 Å². The summed E-state index contributed by atoms with van der Waals surface area (Å²) in [6, 6.07) is 5.63. The number of hydrogen-bond donors (Lipinski definition) is 2. The molecule has 0 atom stereocenters. The highest BCUT2D eigenvalue weighted by atomic mass is 35.5. The van der Waals surface area contributed by atoms with Crippen molar-refractivity contribution < 1.29 is 0 Å². The van der Waals surface area contributed by atoms with Gasteiger partial charge in [-0.3, -0.25) is 5.43 Å². The Morgan fingerprint density at radius 3 is 3.00 bits per heavy atom. The molecule has 0 bridgehead atoms. The van der Waals surface area contributed by atoms with Crippen molar-refractivity contribution in [3.63, 3.8) is 0 Å². The zero-order valence-corrected chi connectivity index (χ0v) is 8.54. The van der Waals surface area contributed by atoms with Gasteiger partial charge in [0.1, 0.15) is 0 Å². The number of halogens is 1. The Kier molecular flexibility index (Phi) is 2.31. The second-order valence-electron chi connectivity index (χ2n) is 2.93. The van der Waals surface area contributed by atoms with Gasteiger partial charge >= 0.3 is 0 Å². The molecule has 0 fully saturated rings. The van der Waals surface area contributed by atoms with Crippen LogP contribution in [0.4, 0.5) is 5.95 Å². The summed E-state index contributed by atoms with van der Waals surface area (Å²) < 4.78 is 1.94. The number of fused-ring (bicyclic) bond motifs is 1.